The predicted molar refractivity (Wildman–Crippen MR) is 77.3 cm³/mol. The summed E-state index contributed by atoms with van der Waals surface area (Å²) in [6, 6.07) is 12.0. The van der Waals surface area contributed by atoms with E-state index in [0.29, 0.717) is 17.0 Å². The number of halogens is 1. The molecular formula is C17H17FO2. The molecule has 0 aliphatic rings. The largest absolute Gasteiger partial charge is 0.478 e. The van der Waals surface area contributed by atoms with Crippen LogP contribution in [0.5, 0.6) is 0 Å². The van der Waals surface area contributed by atoms with Crippen LogP contribution in [0.1, 0.15) is 29.8 Å². The molecule has 0 bridgehead atoms. The minimum absolute atomic E-state index is 0.295. The van der Waals surface area contributed by atoms with Gasteiger partial charge in [0.1, 0.15) is 5.82 Å². The summed E-state index contributed by atoms with van der Waals surface area (Å²) in [7, 11) is 0. The van der Waals surface area contributed by atoms with Crippen molar-refractivity contribution in [2.45, 2.75) is 20.3 Å². The van der Waals surface area contributed by atoms with E-state index in [1.165, 1.54) is 6.07 Å². The predicted octanol–water partition coefficient (Wildman–Crippen LogP) is 4.39. The molecular weight excluding hydrogens is 255 g/mol. The van der Waals surface area contributed by atoms with Crippen LogP contribution in [0, 0.1) is 11.7 Å². The van der Waals surface area contributed by atoms with E-state index < -0.39 is 11.8 Å². The maximum atomic E-state index is 14.2. The van der Waals surface area contributed by atoms with Gasteiger partial charge in [0.2, 0.25) is 0 Å². The zero-order chi connectivity index (χ0) is 14.7. The molecule has 0 atom stereocenters. The van der Waals surface area contributed by atoms with Gasteiger partial charge in [0, 0.05) is 5.56 Å². The molecule has 0 aliphatic heterocycles. The van der Waals surface area contributed by atoms with Gasteiger partial charge >= 0.3 is 5.97 Å². The van der Waals surface area contributed by atoms with Crippen molar-refractivity contribution in [1.29, 1.82) is 0 Å². The Hall–Kier alpha value is -2.16. The Bertz CT molecular complexity index is 633. The lowest BCUT2D eigenvalue weighted by atomic mass is 9.96. The summed E-state index contributed by atoms with van der Waals surface area (Å²) >= 11 is 0. The van der Waals surface area contributed by atoms with Crippen molar-refractivity contribution in [1.82, 2.24) is 0 Å². The van der Waals surface area contributed by atoms with Crippen molar-refractivity contribution >= 4 is 5.97 Å². The summed E-state index contributed by atoms with van der Waals surface area (Å²) in [5.74, 6) is -1.41. The second-order valence-electron chi connectivity index (χ2n) is 5.27. The van der Waals surface area contributed by atoms with Crippen molar-refractivity contribution in [3.63, 3.8) is 0 Å². The molecule has 0 aliphatic carbocycles. The Labute approximate surface area is 117 Å². The summed E-state index contributed by atoms with van der Waals surface area (Å²) < 4.78 is 14.2. The van der Waals surface area contributed by atoms with Crippen LogP contribution < -0.4 is 0 Å². The van der Waals surface area contributed by atoms with Crippen molar-refractivity contribution < 1.29 is 14.3 Å². The first-order chi connectivity index (χ1) is 9.49. The Kier molecular flexibility index (Phi) is 4.18. The summed E-state index contributed by atoms with van der Waals surface area (Å²) in [5.41, 5.74) is 1.87. The van der Waals surface area contributed by atoms with Gasteiger partial charge in [0.25, 0.3) is 0 Å². The molecule has 0 fully saturated rings. The van der Waals surface area contributed by atoms with Gasteiger partial charge in [0.05, 0.1) is 5.56 Å². The maximum absolute atomic E-state index is 14.2. The van der Waals surface area contributed by atoms with E-state index >= 15 is 0 Å². The van der Waals surface area contributed by atoms with Gasteiger partial charge in [-0.15, -0.1) is 0 Å². The minimum Gasteiger partial charge on any atom is -0.478 e. The molecule has 0 saturated carbocycles. The minimum atomic E-state index is -1.25. The SMILES string of the molecule is CC(C)Cc1cccc(-c2cccc(C(=O)O)c2F)c1. The molecule has 0 saturated heterocycles. The third-order valence-electron chi connectivity index (χ3n) is 3.11. The molecule has 0 spiro atoms. The number of carboxylic acids is 1. The first kappa shape index (κ1) is 14.3. The van der Waals surface area contributed by atoms with E-state index in [1.807, 2.05) is 18.2 Å². The molecule has 2 aromatic carbocycles. The molecule has 2 aromatic rings. The van der Waals surface area contributed by atoms with Crippen LogP contribution in [0.2, 0.25) is 0 Å². The van der Waals surface area contributed by atoms with Crippen LogP contribution in [0.25, 0.3) is 11.1 Å². The van der Waals surface area contributed by atoms with E-state index in [0.717, 1.165) is 12.0 Å². The van der Waals surface area contributed by atoms with E-state index in [1.54, 1.807) is 18.2 Å². The average molecular weight is 272 g/mol. The Morgan fingerprint density at radius 1 is 1.20 bits per heavy atom. The molecule has 1 N–H and O–H groups in total. The fourth-order valence-corrected chi connectivity index (χ4v) is 2.26. The van der Waals surface area contributed by atoms with E-state index in [2.05, 4.69) is 13.8 Å². The number of hydrogen-bond acceptors (Lipinski definition) is 1. The highest BCUT2D eigenvalue weighted by atomic mass is 19.1. The number of carboxylic acid groups (broad SMARTS) is 1. The molecule has 0 amide bonds. The molecule has 0 radical (unpaired) electrons. The summed E-state index contributed by atoms with van der Waals surface area (Å²) in [5, 5.41) is 8.97. The van der Waals surface area contributed by atoms with Crippen molar-refractivity contribution in [2.75, 3.05) is 0 Å². The second-order valence-corrected chi connectivity index (χ2v) is 5.27. The monoisotopic (exact) mass is 272 g/mol. The van der Waals surface area contributed by atoms with E-state index in [4.69, 9.17) is 5.11 Å². The van der Waals surface area contributed by atoms with Crippen molar-refractivity contribution in [2.24, 2.45) is 5.92 Å². The van der Waals surface area contributed by atoms with Gasteiger partial charge < -0.3 is 5.11 Å². The third kappa shape index (κ3) is 3.05. The standard InChI is InChI=1S/C17H17FO2/c1-11(2)9-12-5-3-6-13(10-12)14-7-4-8-15(16(14)18)17(19)20/h3-8,10-11H,9H2,1-2H3,(H,19,20). The lowest BCUT2D eigenvalue weighted by Gasteiger charge is -2.09. The van der Waals surface area contributed by atoms with E-state index in [-0.39, 0.29) is 5.56 Å². The lowest BCUT2D eigenvalue weighted by Crippen LogP contribution is -2.02. The molecule has 0 unspecified atom stereocenters. The van der Waals surface area contributed by atoms with Gasteiger partial charge in [-0.05, 0) is 29.5 Å². The second kappa shape index (κ2) is 5.87. The Balaban J connectivity index is 2.46. The number of rotatable bonds is 4. The Morgan fingerprint density at radius 2 is 1.90 bits per heavy atom. The normalized spacial score (nSPS) is 10.8. The number of hydrogen-bond donors (Lipinski definition) is 1. The molecule has 0 aromatic heterocycles. The highest BCUT2D eigenvalue weighted by Gasteiger charge is 2.15. The van der Waals surface area contributed by atoms with Crippen LogP contribution >= 0.6 is 0 Å². The number of benzene rings is 2. The fourth-order valence-electron chi connectivity index (χ4n) is 2.26. The maximum Gasteiger partial charge on any atom is 0.338 e. The molecule has 3 heteroatoms. The topological polar surface area (TPSA) is 37.3 Å². The molecule has 20 heavy (non-hydrogen) atoms. The van der Waals surface area contributed by atoms with Crippen molar-refractivity contribution in [3.05, 3.63) is 59.4 Å². The first-order valence-electron chi connectivity index (χ1n) is 6.60. The number of carbonyl (C=O) groups is 1. The molecule has 104 valence electrons. The van der Waals surface area contributed by atoms with Crippen LogP contribution in [-0.2, 0) is 6.42 Å². The quantitative estimate of drug-likeness (QED) is 0.896. The van der Waals surface area contributed by atoms with E-state index in [9.17, 15) is 9.18 Å². The number of aromatic carboxylic acids is 1. The highest BCUT2D eigenvalue weighted by Crippen LogP contribution is 2.26. The molecule has 2 rings (SSSR count). The van der Waals surface area contributed by atoms with Crippen molar-refractivity contribution in [3.8, 4) is 11.1 Å². The summed E-state index contributed by atoms with van der Waals surface area (Å²) in [6.45, 7) is 4.25. The van der Waals surface area contributed by atoms with Gasteiger partial charge in [-0.2, -0.15) is 0 Å². The van der Waals surface area contributed by atoms with Gasteiger partial charge in [0.15, 0.2) is 0 Å². The highest BCUT2D eigenvalue weighted by molar-refractivity contribution is 5.90. The zero-order valence-electron chi connectivity index (χ0n) is 11.6. The van der Waals surface area contributed by atoms with Gasteiger partial charge in [-0.3, -0.25) is 0 Å². The summed E-state index contributed by atoms with van der Waals surface area (Å²) in [6.07, 6.45) is 0.911. The zero-order valence-corrected chi connectivity index (χ0v) is 11.6. The van der Waals surface area contributed by atoms with Gasteiger partial charge in [-0.25, -0.2) is 9.18 Å². The molecule has 0 heterocycles. The fraction of sp³-hybridized carbons (Fsp3) is 0.235. The lowest BCUT2D eigenvalue weighted by molar-refractivity contribution is 0.0692. The smallest absolute Gasteiger partial charge is 0.338 e. The van der Waals surface area contributed by atoms with Gasteiger partial charge in [-0.1, -0.05) is 50.2 Å². The first-order valence-corrected chi connectivity index (χ1v) is 6.60. The van der Waals surface area contributed by atoms with Crippen LogP contribution in [0.4, 0.5) is 4.39 Å². The third-order valence-corrected chi connectivity index (χ3v) is 3.11. The molecule has 2 nitrogen and oxygen atoms in total. The Morgan fingerprint density at radius 3 is 2.55 bits per heavy atom. The summed E-state index contributed by atoms with van der Waals surface area (Å²) in [4.78, 5) is 11.0. The van der Waals surface area contributed by atoms with Crippen LogP contribution in [-0.4, -0.2) is 11.1 Å². The van der Waals surface area contributed by atoms with Crippen LogP contribution in [0.3, 0.4) is 0 Å². The van der Waals surface area contributed by atoms with Crippen LogP contribution in [0.15, 0.2) is 42.5 Å². The average Bonchev–Trinajstić information content (AvgIpc) is 2.38.